The summed E-state index contributed by atoms with van der Waals surface area (Å²) >= 11 is 1.63. The number of thiophene rings is 1. The van der Waals surface area contributed by atoms with Gasteiger partial charge in [-0.1, -0.05) is 0 Å². The van der Waals surface area contributed by atoms with Gasteiger partial charge in [-0.2, -0.15) is 0 Å². The zero-order valence-electron chi connectivity index (χ0n) is 8.71. The van der Waals surface area contributed by atoms with E-state index in [1.807, 2.05) is 0 Å². The third kappa shape index (κ3) is 1.81. The van der Waals surface area contributed by atoms with Crippen LogP contribution in [0.2, 0.25) is 0 Å². The zero-order valence-corrected chi connectivity index (χ0v) is 9.53. The summed E-state index contributed by atoms with van der Waals surface area (Å²) < 4.78 is 0. The lowest BCUT2D eigenvalue weighted by atomic mass is 9.94. The second-order valence-corrected chi connectivity index (χ2v) is 5.40. The third-order valence-electron chi connectivity index (χ3n) is 3.22. The van der Waals surface area contributed by atoms with Crippen molar-refractivity contribution in [3.8, 4) is 0 Å². The molecule has 2 aliphatic rings. The Morgan fingerprint density at radius 3 is 2.93 bits per heavy atom. The normalized spacial score (nSPS) is 19.7. The SMILES string of the molecule is O=C(NC1CC1)c1scc2c1CCCC2. The van der Waals surface area contributed by atoms with Gasteiger partial charge in [0.25, 0.3) is 5.91 Å². The Balaban J connectivity index is 1.83. The maximum absolute atomic E-state index is 11.9. The fraction of sp³-hybridized carbons (Fsp3) is 0.583. The molecule has 0 aromatic carbocycles. The highest BCUT2D eigenvalue weighted by Crippen LogP contribution is 2.30. The van der Waals surface area contributed by atoms with Crippen molar-refractivity contribution < 1.29 is 4.79 Å². The summed E-state index contributed by atoms with van der Waals surface area (Å²) in [5.74, 6) is 0.172. The number of fused-ring (bicyclic) bond motifs is 1. The van der Waals surface area contributed by atoms with Crippen molar-refractivity contribution in [2.45, 2.75) is 44.6 Å². The van der Waals surface area contributed by atoms with E-state index in [0.29, 0.717) is 6.04 Å². The molecule has 3 rings (SSSR count). The molecule has 1 aromatic rings. The Hall–Kier alpha value is -0.830. The number of hydrogen-bond acceptors (Lipinski definition) is 2. The number of nitrogens with one attached hydrogen (secondary N) is 1. The first-order valence-corrected chi connectivity index (χ1v) is 6.62. The predicted octanol–water partition coefficient (Wildman–Crippen LogP) is 2.52. The van der Waals surface area contributed by atoms with E-state index in [1.54, 1.807) is 11.3 Å². The van der Waals surface area contributed by atoms with Crippen LogP contribution in [0.15, 0.2) is 5.38 Å². The summed E-state index contributed by atoms with van der Waals surface area (Å²) in [5, 5.41) is 5.25. The van der Waals surface area contributed by atoms with Crippen LogP contribution in [0.25, 0.3) is 0 Å². The second kappa shape index (κ2) is 3.63. The van der Waals surface area contributed by atoms with Crippen LogP contribution in [-0.2, 0) is 12.8 Å². The van der Waals surface area contributed by atoms with Gasteiger partial charge in [-0.15, -0.1) is 11.3 Å². The maximum Gasteiger partial charge on any atom is 0.261 e. The Morgan fingerprint density at radius 1 is 1.33 bits per heavy atom. The highest BCUT2D eigenvalue weighted by atomic mass is 32.1. The molecule has 1 N–H and O–H groups in total. The van der Waals surface area contributed by atoms with Crippen molar-refractivity contribution in [3.63, 3.8) is 0 Å². The molecule has 1 saturated carbocycles. The van der Waals surface area contributed by atoms with E-state index in [9.17, 15) is 4.79 Å². The largest absolute Gasteiger partial charge is 0.349 e. The molecule has 1 aromatic heterocycles. The van der Waals surface area contributed by atoms with Crippen LogP contribution in [0.5, 0.6) is 0 Å². The number of carbonyl (C=O) groups is 1. The lowest BCUT2D eigenvalue weighted by Gasteiger charge is -2.12. The van der Waals surface area contributed by atoms with Gasteiger partial charge in [0.15, 0.2) is 0 Å². The summed E-state index contributed by atoms with van der Waals surface area (Å²) in [4.78, 5) is 12.9. The van der Waals surface area contributed by atoms with Gasteiger partial charge in [0.2, 0.25) is 0 Å². The summed E-state index contributed by atoms with van der Waals surface area (Å²) in [5.41, 5.74) is 2.76. The van der Waals surface area contributed by atoms with Crippen LogP contribution in [0, 0.1) is 0 Å². The number of carbonyl (C=O) groups excluding carboxylic acids is 1. The fourth-order valence-corrected chi connectivity index (χ4v) is 3.25. The molecule has 2 nitrogen and oxygen atoms in total. The number of rotatable bonds is 2. The summed E-state index contributed by atoms with van der Waals surface area (Å²) in [6.45, 7) is 0. The summed E-state index contributed by atoms with van der Waals surface area (Å²) in [7, 11) is 0. The molecule has 0 atom stereocenters. The number of amides is 1. The van der Waals surface area contributed by atoms with Gasteiger partial charge in [-0.05, 0) is 55.0 Å². The fourth-order valence-electron chi connectivity index (χ4n) is 2.19. The van der Waals surface area contributed by atoms with E-state index in [4.69, 9.17) is 0 Å². The van der Waals surface area contributed by atoms with Crippen LogP contribution in [0.3, 0.4) is 0 Å². The van der Waals surface area contributed by atoms with Gasteiger partial charge in [-0.25, -0.2) is 0 Å². The van der Waals surface area contributed by atoms with E-state index in [2.05, 4.69) is 10.7 Å². The van der Waals surface area contributed by atoms with Gasteiger partial charge in [-0.3, -0.25) is 4.79 Å². The lowest BCUT2D eigenvalue weighted by molar-refractivity contribution is 0.0954. The first-order chi connectivity index (χ1) is 7.34. The molecule has 1 fully saturated rings. The maximum atomic E-state index is 11.9. The van der Waals surface area contributed by atoms with Crippen molar-refractivity contribution in [3.05, 3.63) is 21.4 Å². The zero-order chi connectivity index (χ0) is 10.3. The molecule has 0 radical (unpaired) electrons. The highest BCUT2D eigenvalue weighted by molar-refractivity contribution is 7.12. The molecule has 0 unspecified atom stereocenters. The molecule has 15 heavy (non-hydrogen) atoms. The monoisotopic (exact) mass is 221 g/mol. The minimum atomic E-state index is 0.172. The van der Waals surface area contributed by atoms with E-state index < -0.39 is 0 Å². The van der Waals surface area contributed by atoms with Crippen molar-refractivity contribution in [1.29, 1.82) is 0 Å². The van der Waals surface area contributed by atoms with E-state index in [1.165, 1.54) is 43.2 Å². The molecule has 3 heteroatoms. The molecule has 80 valence electrons. The topological polar surface area (TPSA) is 29.1 Å². The third-order valence-corrected chi connectivity index (χ3v) is 4.29. The van der Waals surface area contributed by atoms with Crippen molar-refractivity contribution in [2.75, 3.05) is 0 Å². The lowest BCUT2D eigenvalue weighted by Crippen LogP contribution is -2.25. The standard InChI is InChI=1S/C12H15NOS/c14-12(13-9-5-6-9)11-10-4-2-1-3-8(10)7-15-11/h7,9H,1-6H2,(H,13,14). The van der Waals surface area contributed by atoms with Gasteiger partial charge in [0, 0.05) is 6.04 Å². The summed E-state index contributed by atoms with van der Waals surface area (Å²) in [6, 6.07) is 0.471. The summed E-state index contributed by atoms with van der Waals surface area (Å²) in [6.07, 6.45) is 7.13. The van der Waals surface area contributed by atoms with Crippen molar-refractivity contribution in [1.82, 2.24) is 5.32 Å². The molecule has 0 spiro atoms. The quantitative estimate of drug-likeness (QED) is 0.817. The van der Waals surface area contributed by atoms with E-state index in [0.717, 1.165) is 11.3 Å². The minimum Gasteiger partial charge on any atom is -0.349 e. The molecule has 1 amide bonds. The Labute approximate surface area is 93.7 Å². The van der Waals surface area contributed by atoms with Gasteiger partial charge >= 0.3 is 0 Å². The second-order valence-electron chi connectivity index (χ2n) is 4.52. The first-order valence-electron chi connectivity index (χ1n) is 5.74. The minimum absolute atomic E-state index is 0.172. The van der Waals surface area contributed by atoms with Crippen LogP contribution in [0.4, 0.5) is 0 Å². The molecular weight excluding hydrogens is 206 g/mol. The Morgan fingerprint density at radius 2 is 2.13 bits per heavy atom. The van der Waals surface area contributed by atoms with Crippen molar-refractivity contribution >= 4 is 17.2 Å². The van der Waals surface area contributed by atoms with Crippen LogP contribution < -0.4 is 5.32 Å². The molecule has 0 saturated heterocycles. The number of hydrogen-bond donors (Lipinski definition) is 1. The first kappa shape index (κ1) is 9.40. The highest BCUT2D eigenvalue weighted by Gasteiger charge is 2.26. The Kier molecular flexibility index (Phi) is 2.28. The smallest absolute Gasteiger partial charge is 0.261 e. The molecular formula is C12H15NOS. The van der Waals surface area contributed by atoms with Crippen LogP contribution in [-0.4, -0.2) is 11.9 Å². The molecule has 0 bridgehead atoms. The van der Waals surface area contributed by atoms with Crippen LogP contribution in [0.1, 0.15) is 46.5 Å². The van der Waals surface area contributed by atoms with Crippen molar-refractivity contribution in [2.24, 2.45) is 0 Å². The van der Waals surface area contributed by atoms with Crippen LogP contribution >= 0.6 is 11.3 Å². The molecule has 0 aliphatic heterocycles. The number of aryl methyl sites for hydroxylation is 1. The van der Waals surface area contributed by atoms with E-state index in [-0.39, 0.29) is 5.91 Å². The molecule has 1 heterocycles. The van der Waals surface area contributed by atoms with Gasteiger partial charge in [0.05, 0.1) is 4.88 Å². The Bertz CT molecular complexity index is 392. The average Bonchev–Trinajstić information content (AvgIpc) is 2.96. The molecule has 2 aliphatic carbocycles. The average molecular weight is 221 g/mol. The van der Waals surface area contributed by atoms with E-state index >= 15 is 0 Å². The van der Waals surface area contributed by atoms with Gasteiger partial charge < -0.3 is 5.32 Å². The van der Waals surface area contributed by atoms with Gasteiger partial charge in [0.1, 0.15) is 0 Å². The predicted molar refractivity (Wildman–Crippen MR) is 61.4 cm³/mol.